The average Bonchev–Trinajstić information content (AvgIpc) is 2.38. The molecule has 1 heterocycles. The summed E-state index contributed by atoms with van der Waals surface area (Å²) in [5, 5.41) is 17.8. The molecule has 0 aliphatic carbocycles. The molecule has 92 valence electrons. The maximum Gasteiger partial charge on any atom is 0.354 e. The zero-order valence-corrected chi connectivity index (χ0v) is 9.41. The molecule has 0 aliphatic rings. The minimum Gasteiger partial charge on any atom is -0.508 e. The van der Waals surface area contributed by atoms with Crippen LogP contribution < -0.4 is 4.74 Å². The zero-order chi connectivity index (χ0) is 13.0. The van der Waals surface area contributed by atoms with E-state index in [1.807, 2.05) is 0 Å². The molecular formula is C13H11NO4. The summed E-state index contributed by atoms with van der Waals surface area (Å²) in [6.45, 7) is 0.328. The Labute approximate surface area is 103 Å². The molecule has 0 bridgehead atoms. The first kappa shape index (κ1) is 11.9. The van der Waals surface area contributed by atoms with Crippen LogP contribution in [0.4, 0.5) is 0 Å². The lowest BCUT2D eigenvalue weighted by Gasteiger charge is -2.06. The van der Waals surface area contributed by atoms with Crippen molar-refractivity contribution in [3.63, 3.8) is 0 Å². The number of pyridine rings is 1. The van der Waals surface area contributed by atoms with Crippen LogP contribution >= 0.6 is 0 Å². The van der Waals surface area contributed by atoms with E-state index < -0.39 is 5.97 Å². The predicted octanol–water partition coefficient (Wildman–Crippen LogP) is 2.06. The van der Waals surface area contributed by atoms with Gasteiger partial charge in [0.2, 0.25) is 0 Å². The quantitative estimate of drug-likeness (QED) is 0.861. The third kappa shape index (κ3) is 2.98. The van der Waals surface area contributed by atoms with Gasteiger partial charge in [-0.3, -0.25) is 0 Å². The summed E-state index contributed by atoms with van der Waals surface area (Å²) >= 11 is 0. The molecule has 2 rings (SSSR count). The molecule has 18 heavy (non-hydrogen) atoms. The minimum absolute atomic E-state index is 0.0213. The van der Waals surface area contributed by atoms with Gasteiger partial charge in [0.1, 0.15) is 23.8 Å². The van der Waals surface area contributed by atoms with Crippen LogP contribution in [0.15, 0.2) is 42.6 Å². The van der Waals surface area contributed by atoms with Crippen LogP contribution in [0, 0.1) is 0 Å². The fraction of sp³-hybridized carbons (Fsp3) is 0.0769. The lowest BCUT2D eigenvalue weighted by atomic mass is 10.2. The summed E-state index contributed by atoms with van der Waals surface area (Å²) in [6.07, 6.45) is 1.36. The van der Waals surface area contributed by atoms with Crippen LogP contribution in [0.3, 0.4) is 0 Å². The summed E-state index contributed by atoms with van der Waals surface area (Å²) in [5.41, 5.74) is 0.877. The maximum absolute atomic E-state index is 10.6. The first-order chi connectivity index (χ1) is 8.65. The van der Waals surface area contributed by atoms with Gasteiger partial charge < -0.3 is 14.9 Å². The number of aromatic carboxylic acids is 1. The van der Waals surface area contributed by atoms with Crippen LogP contribution in [-0.4, -0.2) is 21.2 Å². The van der Waals surface area contributed by atoms with E-state index in [1.165, 1.54) is 12.3 Å². The topological polar surface area (TPSA) is 79.7 Å². The lowest BCUT2D eigenvalue weighted by molar-refractivity contribution is 0.0690. The predicted molar refractivity (Wildman–Crippen MR) is 63.6 cm³/mol. The van der Waals surface area contributed by atoms with Crippen molar-refractivity contribution in [1.29, 1.82) is 0 Å². The fourth-order valence-electron chi connectivity index (χ4n) is 1.35. The second-order valence-corrected chi connectivity index (χ2v) is 3.64. The van der Waals surface area contributed by atoms with E-state index in [4.69, 9.17) is 14.9 Å². The van der Waals surface area contributed by atoms with E-state index in [-0.39, 0.29) is 11.4 Å². The standard InChI is InChI=1S/C13H11NO4/c15-10-3-1-9(2-4-10)8-18-11-5-6-12(13(16)17)14-7-11/h1-7,15H,8H2,(H,16,17). The molecule has 5 heteroatoms. The molecule has 0 radical (unpaired) electrons. The van der Waals surface area contributed by atoms with Crippen molar-refractivity contribution in [2.75, 3.05) is 0 Å². The molecule has 1 aromatic heterocycles. The molecule has 0 amide bonds. The average molecular weight is 245 g/mol. The van der Waals surface area contributed by atoms with Crippen molar-refractivity contribution in [3.05, 3.63) is 53.9 Å². The summed E-state index contributed by atoms with van der Waals surface area (Å²) < 4.78 is 5.43. The summed E-state index contributed by atoms with van der Waals surface area (Å²) in [4.78, 5) is 14.3. The Bertz CT molecular complexity index is 534. The van der Waals surface area contributed by atoms with Crippen LogP contribution in [0.5, 0.6) is 11.5 Å². The number of rotatable bonds is 4. The monoisotopic (exact) mass is 245 g/mol. The van der Waals surface area contributed by atoms with Gasteiger partial charge in [0.25, 0.3) is 0 Å². The van der Waals surface area contributed by atoms with Crippen LogP contribution in [0.25, 0.3) is 0 Å². The number of carbonyl (C=O) groups is 1. The minimum atomic E-state index is -1.07. The number of ether oxygens (including phenoxy) is 1. The zero-order valence-electron chi connectivity index (χ0n) is 9.41. The van der Waals surface area contributed by atoms with Crippen molar-refractivity contribution in [1.82, 2.24) is 4.98 Å². The van der Waals surface area contributed by atoms with Gasteiger partial charge in [-0.05, 0) is 29.8 Å². The number of aromatic nitrogens is 1. The smallest absolute Gasteiger partial charge is 0.354 e. The molecular weight excluding hydrogens is 234 g/mol. The Morgan fingerprint density at radius 3 is 2.44 bits per heavy atom. The number of carboxylic acid groups (broad SMARTS) is 1. The molecule has 0 spiro atoms. The maximum atomic E-state index is 10.6. The molecule has 5 nitrogen and oxygen atoms in total. The summed E-state index contributed by atoms with van der Waals surface area (Å²) in [6, 6.07) is 9.57. The highest BCUT2D eigenvalue weighted by atomic mass is 16.5. The molecule has 0 fully saturated rings. The number of hydrogen-bond donors (Lipinski definition) is 2. The number of phenols is 1. The summed E-state index contributed by atoms with van der Waals surface area (Å²) in [7, 11) is 0. The normalized spacial score (nSPS) is 10.0. The van der Waals surface area contributed by atoms with Gasteiger partial charge in [-0.25, -0.2) is 9.78 Å². The Kier molecular flexibility index (Phi) is 3.43. The fourth-order valence-corrected chi connectivity index (χ4v) is 1.35. The molecule has 0 unspecified atom stereocenters. The van der Waals surface area contributed by atoms with Gasteiger partial charge >= 0.3 is 5.97 Å². The highest BCUT2D eigenvalue weighted by Gasteiger charge is 2.04. The first-order valence-corrected chi connectivity index (χ1v) is 5.25. The van der Waals surface area contributed by atoms with Gasteiger partial charge in [0.05, 0.1) is 6.20 Å². The molecule has 1 aromatic carbocycles. The second kappa shape index (κ2) is 5.18. The highest BCUT2D eigenvalue weighted by molar-refractivity contribution is 5.85. The molecule has 2 aromatic rings. The SMILES string of the molecule is O=C(O)c1ccc(OCc2ccc(O)cc2)cn1. The van der Waals surface area contributed by atoms with Crippen molar-refractivity contribution in [2.45, 2.75) is 6.61 Å². The Balaban J connectivity index is 1.97. The summed E-state index contributed by atoms with van der Waals surface area (Å²) in [5.74, 6) is -0.376. The van der Waals surface area contributed by atoms with Gasteiger partial charge in [0.15, 0.2) is 0 Å². The van der Waals surface area contributed by atoms with Gasteiger partial charge in [-0.15, -0.1) is 0 Å². The van der Waals surface area contributed by atoms with Gasteiger partial charge in [-0.1, -0.05) is 12.1 Å². The van der Waals surface area contributed by atoms with E-state index in [2.05, 4.69) is 4.98 Å². The van der Waals surface area contributed by atoms with E-state index in [1.54, 1.807) is 30.3 Å². The van der Waals surface area contributed by atoms with E-state index >= 15 is 0 Å². The van der Waals surface area contributed by atoms with E-state index in [9.17, 15) is 4.79 Å². The van der Waals surface area contributed by atoms with Gasteiger partial charge in [0, 0.05) is 0 Å². The number of hydrogen-bond acceptors (Lipinski definition) is 4. The molecule has 0 saturated carbocycles. The molecule has 2 N–H and O–H groups in total. The van der Waals surface area contributed by atoms with Crippen LogP contribution in [0.2, 0.25) is 0 Å². The van der Waals surface area contributed by atoms with Crippen LogP contribution in [-0.2, 0) is 6.61 Å². The third-order valence-corrected chi connectivity index (χ3v) is 2.30. The lowest BCUT2D eigenvalue weighted by Crippen LogP contribution is -2.00. The number of aromatic hydroxyl groups is 1. The van der Waals surface area contributed by atoms with Crippen molar-refractivity contribution >= 4 is 5.97 Å². The van der Waals surface area contributed by atoms with E-state index in [0.717, 1.165) is 5.56 Å². The molecule has 0 atom stereocenters. The molecule has 0 saturated heterocycles. The Morgan fingerprint density at radius 1 is 1.17 bits per heavy atom. The van der Waals surface area contributed by atoms with Crippen molar-refractivity contribution < 1.29 is 19.7 Å². The Morgan fingerprint density at radius 2 is 1.89 bits per heavy atom. The highest BCUT2D eigenvalue weighted by Crippen LogP contribution is 2.14. The largest absolute Gasteiger partial charge is 0.508 e. The number of benzene rings is 1. The third-order valence-electron chi connectivity index (χ3n) is 2.30. The van der Waals surface area contributed by atoms with E-state index in [0.29, 0.717) is 12.4 Å². The molecule has 0 aliphatic heterocycles. The van der Waals surface area contributed by atoms with Crippen molar-refractivity contribution in [2.24, 2.45) is 0 Å². The second-order valence-electron chi connectivity index (χ2n) is 3.64. The van der Waals surface area contributed by atoms with Gasteiger partial charge in [-0.2, -0.15) is 0 Å². The Hall–Kier alpha value is -2.56. The number of nitrogens with zero attached hydrogens (tertiary/aromatic N) is 1. The number of phenolic OH excluding ortho intramolecular Hbond substituents is 1. The number of carboxylic acids is 1. The van der Waals surface area contributed by atoms with Crippen LogP contribution in [0.1, 0.15) is 16.1 Å². The van der Waals surface area contributed by atoms with Crippen molar-refractivity contribution in [3.8, 4) is 11.5 Å². The first-order valence-electron chi connectivity index (χ1n) is 5.25.